The Labute approximate surface area is 144 Å². The molecule has 2 aliphatic heterocycles. The van der Waals surface area contributed by atoms with Crippen LogP contribution in [0.15, 0.2) is 42.0 Å². The third-order valence-electron chi connectivity index (χ3n) is 5.39. The van der Waals surface area contributed by atoms with E-state index in [4.69, 9.17) is 9.47 Å². The van der Waals surface area contributed by atoms with Gasteiger partial charge in [0, 0.05) is 19.7 Å². The van der Waals surface area contributed by atoms with E-state index in [1.165, 1.54) is 18.2 Å². The maximum Gasteiger partial charge on any atom is 0.310 e. The van der Waals surface area contributed by atoms with Crippen molar-refractivity contribution >= 4 is 5.97 Å². The topological polar surface area (TPSA) is 38.8 Å². The predicted molar refractivity (Wildman–Crippen MR) is 93.5 cm³/mol. The molecule has 130 valence electrons. The molecule has 1 fully saturated rings. The summed E-state index contributed by atoms with van der Waals surface area (Å²) < 4.78 is 10.6. The molecular formula is C20H27NO3. The average molecular weight is 329 g/mol. The summed E-state index contributed by atoms with van der Waals surface area (Å²) in [6.07, 6.45) is 4.25. The molecule has 3 aliphatic rings. The van der Waals surface area contributed by atoms with E-state index in [1.807, 2.05) is 6.07 Å². The minimum Gasteiger partial charge on any atom is -0.469 e. The Morgan fingerprint density at radius 1 is 1.29 bits per heavy atom. The maximum absolute atomic E-state index is 12.4. The number of piperidine rings is 1. The Hall–Kier alpha value is -1.65. The molecule has 0 N–H and O–H groups in total. The third kappa shape index (κ3) is 3.13. The first-order valence-corrected chi connectivity index (χ1v) is 8.77. The molecule has 2 heterocycles. The van der Waals surface area contributed by atoms with Crippen LogP contribution in [0.5, 0.6) is 0 Å². The van der Waals surface area contributed by atoms with Gasteiger partial charge in [-0.2, -0.15) is 0 Å². The molecule has 1 aromatic rings. The van der Waals surface area contributed by atoms with Gasteiger partial charge in [0.2, 0.25) is 0 Å². The van der Waals surface area contributed by atoms with E-state index >= 15 is 0 Å². The number of ether oxygens (including phenoxy) is 2. The fourth-order valence-electron chi connectivity index (χ4n) is 4.38. The fraction of sp³-hybridized carbons (Fsp3) is 0.550. The van der Waals surface area contributed by atoms with Crippen molar-refractivity contribution in [3.63, 3.8) is 0 Å². The minimum atomic E-state index is -0.0852. The van der Waals surface area contributed by atoms with Gasteiger partial charge < -0.3 is 9.47 Å². The number of esters is 1. The van der Waals surface area contributed by atoms with Gasteiger partial charge in [0.05, 0.1) is 25.7 Å². The number of rotatable bonds is 6. The van der Waals surface area contributed by atoms with E-state index in [1.54, 1.807) is 7.11 Å². The molecule has 0 spiro atoms. The van der Waals surface area contributed by atoms with Crippen LogP contribution in [-0.2, 0) is 14.3 Å². The average Bonchev–Trinajstić information content (AvgIpc) is 2.65. The first-order valence-electron chi connectivity index (χ1n) is 8.77. The van der Waals surface area contributed by atoms with Gasteiger partial charge in [-0.05, 0) is 24.3 Å². The number of nitrogens with zero attached hydrogens (tertiary/aromatic N) is 1. The summed E-state index contributed by atoms with van der Waals surface area (Å²) in [6, 6.07) is 10.7. The first-order chi connectivity index (χ1) is 11.7. The number of benzene rings is 1. The summed E-state index contributed by atoms with van der Waals surface area (Å²) in [5, 5.41) is 0. The molecule has 0 unspecified atom stereocenters. The molecule has 1 aliphatic carbocycles. The second-order valence-corrected chi connectivity index (χ2v) is 6.74. The zero-order chi connectivity index (χ0) is 17.1. The van der Waals surface area contributed by atoms with Gasteiger partial charge >= 0.3 is 5.97 Å². The van der Waals surface area contributed by atoms with Crippen molar-refractivity contribution in [2.45, 2.75) is 31.8 Å². The molecule has 0 saturated carbocycles. The van der Waals surface area contributed by atoms with Crippen LogP contribution in [0.1, 0.15) is 31.4 Å². The van der Waals surface area contributed by atoms with E-state index in [-0.39, 0.29) is 24.0 Å². The lowest BCUT2D eigenvalue weighted by molar-refractivity contribution is -0.151. The SMILES string of the molecule is CCC1=C[C@H]2C[C@@H](C(=O)OC)[C@@H]1N([C@@H](COC)c1ccccc1)C2. The van der Waals surface area contributed by atoms with Crippen molar-refractivity contribution < 1.29 is 14.3 Å². The molecule has 0 amide bonds. The molecule has 4 nitrogen and oxygen atoms in total. The Morgan fingerprint density at radius 3 is 2.67 bits per heavy atom. The second kappa shape index (κ2) is 7.49. The predicted octanol–water partition coefficient (Wildman–Crippen LogP) is 3.20. The quantitative estimate of drug-likeness (QED) is 0.593. The molecule has 4 atom stereocenters. The Kier molecular flexibility index (Phi) is 5.36. The summed E-state index contributed by atoms with van der Waals surface area (Å²) in [5.74, 6) is 0.256. The number of carbonyl (C=O) groups is 1. The summed E-state index contributed by atoms with van der Waals surface area (Å²) >= 11 is 0. The molecule has 1 saturated heterocycles. The lowest BCUT2D eigenvalue weighted by Gasteiger charge is -2.51. The molecule has 2 bridgehead atoms. The summed E-state index contributed by atoms with van der Waals surface area (Å²) in [7, 11) is 3.24. The van der Waals surface area contributed by atoms with E-state index in [9.17, 15) is 4.79 Å². The van der Waals surface area contributed by atoms with Crippen molar-refractivity contribution in [2.24, 2.45) is 11.8 Å². The van der Waals surface area contributed by atoms with Gasteiger partial charge in [-0.25, -0.2) is 0 Å². The summed E-state index contributed by atoms with van der Waals surface area (Å²) in [5.41, 5.74) is 2.61. The number of hydrogen-bond acceptors (Lipinski definition) is 4. The highest BCUT2D eigenvalue weighted by Crippen LogP contribution is 2.44. The third-order valence-corrected chi connectivity index (χ3v) is 5.39. The van der Waals surface area contributed by atoms with Crippen LogP contribution < -0.4 is 0 Å². The molecular weight excluding hydrogens is 302 g/mol. The normalized spacial score (nSPS) is 27.6. The Bertz CT molecular complexity index is 598. The maximum atomic E-state index is 12.4. The first kappa shape index (κ1) is 17.2. The monoisotopic (exact) mass is 329 g/mol. The van der Waals surface area contributed by atoms with Crippen LogP contribution in [-0.4, -0.2) is 44.3 Å². The summed E-state index contributed by atoms with van der Waals surface area (Å²) in [4.78, 5) is 14.8. The van der Waals surface area contributed by atoms with Crippen molar-refractivity contribution in [3.05, 3.63) is 47.5 Å². The van der Waals surface area contributed by atoms with Crippen LogP contribution in [0.25, 0.3) is 0 Å². The van der Waals surface area contributed by atoms with Crippen LogP contribution in [0.4, 0.5) is 0 Å². The van der Waals surface area contributed by atoms with Crippen LogP contribution in [0, 0.1) is 11.8 Å². The number of carbonyl (C=O) groups excluding carboxylic acids is 1. The van der Waals surface area contributed by atoms with Crippen molar-refractivity contribution in [3.8, 4) is 0 Å². The fourth-order valence-corrected chi connectivity index (χ4v) is 4.38. The molecule has 24 heavy (non-hydrogen) atoms. The van der Waals surface area contributed by atoms with Crippen LogP contribution >= 0.6 is 0 Å². The highest BCUT2D eigenvalue weighted by atomic mass is 16.5. The van der Waals surface area contributed by atoms with Gasteiger partial charge in [-0.1, -0.05) is 48.9 Å². The van der Waals surface area contributed by atoms with Gasteiger partial charge in [-0.15, -0.1) is 0 Å². The Balaban J connectivity index is 1.96. The van der Waals surface area contributed by atoms with Crippen molar-refractivity contribution in [1.29, 1.82) is 0 Å². The van der Waals surface area contributed by atoms with Gasteiger partial charge in [0.25, 0.3) is 0 Å². The van der Waals surface area contributed by atoms with E-state index in [0.29, 0.717) is 12.5 Å². The minimum absolute atomic E-state index is 0.0724. The smallest absolute Gasteiger partial charge is 0.310 e. The van der Waals surface area contributed by atoms with Crippen LogP contribution in [0.2, 0.25) is 0 Å². The molecule has 4 rings (SSSR count). The van der Waals surface area contributed by atoms with Gasteiger partial charge in [0.15, 0.2) is 0 Å². The number of hydrogen-bond donors (Lipinski definition) is 0. The van der Waals surface area contributed by atoms with E-state index < -0.39 is 0 Å². The van der Waals surface area contributed by atoms with E-state index in [0.717, 1.165) is 19.4 Å². The zero-order valence-electron chi connectivity index (χ0n) is 14.8. The highest BCUT2D eigenvalue weighted by Gasteiger charge is 2.47. The lowest BCUT2D eigenvalue weighted by Crippen LogP contribution is -2.56. The number of fused-ring (bicyclic) bond motifs is 2. The van der Waals surface area contributed by atoms with Crippen molar-refractivity contribution in [1.82, 2.24) is 4.90 Å². The molecule has 1 aromatic carbocycles. The molecule has 0 aromatic heterocycles. The zero-order valence-corrected chi connectivity index (χ0v) is 14.8. The standard InChI is InChI=1S/C20H27NO3/c1-4-15-10-14-11-17(20(22)24-3)19(15)21(12-14)18(13-23-2)16-8-6-5-7-9-16/h5-10,14,17-19H,4,11-13H2,1-3H3/t14-,17+,18-,19+/m0/s1. The number of methoxy groups -OCH3 is 2. The van der Waals surface area contributed by atoms with Crippen molar-refractivity contribution in [2.75, 3.05) is 27.4 Å². The van der Waals surface area contributed by atoms with E-state index in [2.05, 4.69) is 42.2 Å². The second-order valence-electron chi connectivity index (χ2n) is 6.74. The lowest BCUT2D eigenvalue weighted by atomic mass is 9.71. The largest absolute Gasteiger partial charge is 0.469 e. The molecule has 0 radical (unpaired) electrons. The molecule has 4 heteroatoms. The van der Waals surface area contributed by atoms with Crippen LogP contribution in [0.3, 0.4) is 0 Å². The highest BCUT2D eigenvalue weighted by molar-refractivity contribution is 5.74. The summed E-state index contributed by atoms with van der Waals surface area (Å²) in [6.45, 7) is 3.77. The van der Waals surface area contributed by atoms with Gasteiger partial charge in [0.1, 0.15) is 0 Å². The van der Waals surface area contributed by atoms with Gasteiger partial charge in [-0.3, -0.25) is 9.69 Å². The Morgan fingerprint density at radius 2 is 2.04 bits per heavy atom.